The summed E-state index contributed by atoms with van der Waals surface area (Å²) in [6.45, 7) is 6.55. The highest BCUT2D eigenvalue weighted by molar-refractivity contribution is 14.0. The van der Waals surface area contributed by atoms with Crippen molar-refractivity contribution < 1.29 is 0 Å². The van der Waals surface area contributed by atoms with Gasteiger partial charge >= 0.3 is 0 Å². The Labute approximate surface area is 186 Å². The second kappa shape index (κ2) is 8.19. The van der Waals surface area contributed by atoms with E-state index < -0.39 is 0 Å². The molecule has 3 aromatic rings. The molecule has 0 saturated carbocycles. The highest BCUT2D eigenvalue weighted by Gasteiger charge is 2.42. The van der Waals surface area contributed by atoms with E-state index in [-0.39, 0.29) is 29.5 Å². The Balaban J connectivity index is 0.00000210. The summed E-state index contributed by atoms with van der Waals surface area (Å²) in [4.78, 5) is 7.34. The van der Waals surface area contributed by atoms with Gasteiger partial charge in [0.2, 0.25) is 0 Å². The predicted octanol–water partition coefficient (Wildman–Crippen LogP) is 5.58. The van der Waals surface area contributed by atoms with Crippen LogP contribution in [0.3, 0.4) is 0 Å². The van der Waals surface area contributed by atoms with E-state index in [9.17, 15) is 0 Å². The monoisotopic (exact) mass is 514 g/mol. The van der Waals surface area contributed by atoms with Crippen LogP contribution >= 0.6 is 46.9 Å². The molecule has 1 aromatic carbocycles. The Bertz CT molecular complexity index is 920. The summed E-state index contributed by atoms with van der Waals surface area (Å²) in [5.74, 6) is 0.435. The molecular weight excluding hydrogens is 491 g/mol. The van der Waals surface area contributed by atoms with Crippen molar-refractivity contribution in [1.82, 2.24) is 19.7 Å². The number of aryl methyl sites for hydroxylation is 1. The van der Waals surface area contributed by atoms with Crippen LogP contribution in [-0.2, 0) is 13.6 Å². The number of rotatable bonds is 4. The second-order valence-electron chi connectivity index (χ2n) is 7.46. The van der Waals surface area contributed by atoms with Crippen molar-refractivity contribution in [3.8, 4) is 10.7 Å². The van der Waals surface area contributed by atoms with Gasteiger partial charge in [-0.3, -0.25) is 9.58 Å². The fourth-order valence-electron chi connectivity index (χ4n) is 3.95. The van der Waals surface area contributed by atoms with Crippen LogP contribution in [0.2, 0.25) is 5.02 Å². The highest BCUT2D eigenvalue weighted by Crippen LogP contribution is 2.44. The van der Waals surface area contributed by atoms with Gasteiger partial charge in [0.15, 0.2) is 0 Å². The molecule has 3 heterocycles. The molecule has 1 aliphatic rings. The number of benzene rings is 1. The fourth-order valence-corrected chi connectivity index (χ4v) is 4.99. The normalized spacial score (nSPS) is 19.2. The van der Waals surface area contributed by atoms with Gasteiger partial charge in [-0.15, -0.1) is 35.3 Å². The summed E-state index contributed by atoms with van der Waals surface area (Å²) in [6, 6.07) is 10.3. The van der Waals surface area contributed by atoms with E-state index in [1.165, 1.54) is 5.56 Å². The van der Waals surface area contributed by atoms with E-state index in [2.05, 4.69) is 41.4 Å². The van der Waals surface area contributed by atoms with Crippen molar-refractivity contribution in [1.29, 1.82) is 0 Å². The van der Waals surface area contributed by atoms with Gasteiger partial charge in [0.25, 0.3) is 0 Å². The average Bonchev–Trinajstić information content (AvgIpc) is 3.29. The van der Waals surface area contributed by atoms with E-state index in [1.807, 2.05) is 36.1 Å². The minimum atomic E-state index is 0. The first kappa shape index (κ1) is 20.8. The SMILES string of the molecule is Cn1ccc(-c2nc(CN3CCC(c4ccccc4Cl)C3(C)C)cs2)n1.I. The van der Waals surface area contributed by atoms with Gasteiger partial charge in [0, 0.05) is 41.6 Å². The van der Waals surface area contributed by atoms with Crippen molar-refractivity contribution in [2.45, 2.75) is 38.3 Å². The zero-order chi connectivity index (χ0) is 18.3. The Hall–Kier alpha value is -0.960. The Morgan fingerprint density at radius 2 is 2.04 bits per heavy atom. The summed E-state index contributed by atoms with van der Waals surface area (Å²) >= 11 is 8.14. The van der Waals surface area contributed by atoms with E-state index >= 15 is 0 Å². The lowest BCUT2D eigenvalue weighted by Gasteiger charge is -2.36. The topological polar surface area (TPSA) is 34.0 Å². The molecule has 0 spiro atoms. The smallest absolute Gasteiger partial charge is 0.144 e. The minimum Gasteiger partial charge on any atom is -0.292 e. The summed E-state index contributed by atoms with van der Waals surface area (Å²) in [6.07, 6.45) is 3.07. The molecule has 27 heavy (non-hydrogen) atoms. The maximum atomic E-state index is 6.47. The third-order valence-corrected chi connectivity index (χ3v) is 6.73. The predicted molar refractivity (Wildman–Crippen MR) is 123 cm³/mol. The van der Waals surface area contributed by atoms with Crippen LogP contribution in [0.15, 0.2) is 41.9 Å². The van der Waals surface area contributed by atoms with E-state index in [0.717, 1.165) is 40.9 Å². The van der Waals surface area contributed by atoms with Crippen LogP contribution in [0.25, 0.3) is 10.7 Å². The molecule has 4 rings (SSSR count). The first-order valence-electron chi connectivity index (χ1n) is 8.89. The lowest BCUT2D eigenvalue weighted by atomic mass is 9.82. The Morgan fingerprint density at radius 3 is 2.74 bits per heavy atom. The third kappa shape index (κ3) is 4.09. The molecule has 1 unspecified atom stereocenters. The molecule has 0 N–H and O–H groups in total. The van der Waals surface area contributed by atoms with Crippen molar-refractivity contribution in [3.63, 3.8) is 0 Å². The summed E-state index contributed by atoms with van der Waals surface area (Å²) in [7, 11) is 1.93. The first-order chi connectivity index (χ1) is 12.4. The van der Waals surface area contributed by atoms with Crippen molar-refractivity contribution in [3.05, 3.63) is 58.2 Å². The number of halogens is 2. The first-order valence-corrected chi connectivity index (χ1v) is 10.1. The molecule has 1 atom stereocenters. The third-order valence-electron chi connectivity index (χ3n) is 5.47. The molecule has 144 valence electrons. The van der Waals surface area contributed by atoms with E-state index in [4.69, 9.17) is 16.6 Å². The minimum absolute atomic E-state index is 0. The van der Waals surface area contributed by atoms with Gasteiger partial charge in [-0.05, 0) is 44.5 Å². The number of hydrogen-bond acceptors (Lipinski definition) is 4. The lowest BCUT2D eigenvalue weighted by molar-refractivity contribution is 0.152. The lowest BCUT2D eigenvalue weighted by Crippen LogP contribution is -2.41. The molecule has 1 aliphatic heterocycles. The molecule has 0 aliphatic carbocycles. The number of nitrogens with zero attached hydrogens (tertiary/aromatic N) is 4. The molecule has 1 saturated heterocycles. The Kier molecular flexibility index (Phi) is 6.30. The molecule has 4 nitrogen and oxygen atoms in total. The zero-order valence-electron chi connectivity index (χ0n) is 15.7. The summed E-state index contributed by atoms with van der Waals surface area (Å²) in [5.41, 5.74) is 3.36. The molecule has 1 fully saturated rings. The summed E-state index contributed by atoms with van der Waals surface area (Å²) < 4.78 is 1.81. The van der Waals surface area contributed by atoms with Crippen molar-refractivity contribution in [2.24, 2.45) is 7.05 Å². The van der Waals surface area contributed by atoms with E-state index in [1.54, 1.807) is 11.3 Å². The van der Waals surface area contributed by atoms with Crippen LogP contribution < -0.4 is 0 Å². The standard InChI is InChI=1S/C20H23ClN4S.HI/c1-20(2)16(15-6-4-5-7-17(15)21)8-11-25(20)12-14-13-26-19(22-14)18-9-10-24(3)23-18;/h4-7,9-10,13,16H,8,11-12H2,1-3H3;1H. The second-order valence-corrected chi connectivity index (χ2v) is 8.72. The van der Waals surface area contributed by atoms with Gasteiger partial charge in [0.05, 0.1) is 5.69 Å². The molecular formula is C20H24ClIN4S. The van der Waals surface area contributed by atoms with Crippen molar-refractivity contribution in [2.75, 3.05) is 6.54 Å². The molecule has 0 bridgehead atoms. The van der Waals surface area contributed by atoms with Crippen LogP contribution in [0.1, 0.15) is 37.4 Å². The highest BCUT2D eigenvalue weighted by atomic mass is 127. The van der Waals surface area contributed by atoms with Crippen LogP contribution in [0.5, 0.6) is 0 Å². The Morgan fingerprint density at radius 1 is 1.26 bits per heavy atom. The fraction of sp³-hybridized carbons (Fsp3) is 0.400. The molecule has 0 amide bonds. The molecule has 2 aromatic heterocycles. The van der Waals surface area contributed by atoms with Gasteiger partial charge in [-0.2, -0.15) is 5.10 Å². The van der Waals surface area contributed by atoms with Gasteiger partial charge in [-0.1, -0.05) is 29.8 Å². The van der Waals surface area contributed by atoms with Crippen LogP contribution in [0, 0.1) is 0 Å². The largest absolute Gasteiger partial charge is 0.292 e. The van der Waals surface area contributed by atoms with Gasteiger partial charge in [-0.25, -0.2) is 4.98 Å². The number of aromatic nitrogens is 3. The number of hydrogen-bond donors (Lipinski definition) is 0. The van der Waals surface area contributed by atoms with Gasteiger partial charge < -0.3 is 0 Å². The summed E-state index contributed by atoms with van der Waals surface area (Å²) in [5, 5.41) is 8.47. The number of likely N-dealkylation sites (tertiary alicyclic amines) is 1. The number of thiazole rings is 1. The van der Waals surface area contributed by atoms with Crippen LogP contribution in [-0.4, -0.2) is 31.7 Å². The van der Waals surface area contributed by atoms with Crippen LogP contribution in [0.4, 0.5) is 0 Å². The molecule has 0 radical (unpaired) electrons. The van der Waals surface area contributed by atoms with Gasteiger partial charge in [0.1, 0.15) is 10.7 Å². The zero-order valence-corrected chi connectivity index (χ0v) is 19.6. The maximum Gasteiger partial charge on any atom is 0.144 e. The maximum absolute atomic E-state index is 6.47. The van der Waals surface area contributed by atoms with Crippen molar-refractivity contribution >= 4 is 46.9 Å². The quantitative estimate of drug-likeness (QED) is 0.426. The molecule has 7 heteroatoms. The average molecular weight is 515 g/mol. The van der Waals surface area contributed by atoms with E-state index in [0.29, 0.717) is 5.92 Å².